The van der Waals surface area contributed by atoms with Gasteiger partial charge in [0, 0.05) is 17.3 Å². The zero-order valence-electron chi connectivity index (χ0n) is 14.8. The van der Waals surface area contributed by atoms with Gasteiger partial charge in [-0.15, -0.1) is 0 Å². The van der Waals surface area contributed by atoms with E-state index >= 15 is 0 Å². The maximum absolute atomic E-state index is 12.4. The fraction of sp³-hybridized carbons (Fsp3) is 0.556. The Labute approximate surface area is 149 Å². The van der Waals surface area contributed by atoms with Crippen LogP contribution in [-0.4, -0.2) is 43.3 Å². The van der Waals surface area contributed by atoms with Crippen molar-refractivity contribution in [2.75, 3.05) is 18.1 Å². The molecule has 1 aliphatic carbocycles. The second-order valence-electron chi connectivity index (χ2n) is 6.64. The smallest absolute Gasteiger partial charge is 0.239 e. The summed E-state index contributed by atoms with van der Waals surface area (Å²) in [6.45, 7) is 1.26. The van der Waals surface area contributed by atoms with E-state index in [0.29, 0.717) is 11.3 Å². The van der Waals surface area contributed by atoms with Gasteiger partial charge in [0.2, 0.25) is 15.9 Å². The van der Waals surface area contributed by atoms with Crippen molar-refractivity contribution >= 4 is 27.4 Å². The first-order chi connectivity index (χ1) is 11.8. The highest BCUT2D eigenvalue weighted by molar-refractivity contribution is 7.88. The molecule has 1 aliphatic rings. The standard InChI is InChI=1S/C18H26N2O4S/c1-14(21)15-8-7-9-16(12-15)19-18(22)13-20(25(2,23)24)17-10-5-3-4-6-11-17/h7-9,12,17H,3-6,10-11,13H2,1-2H3,(H,19,22). The Balaban J connectivity index is 2.09. The SMILES string of the molecule is CC(=O)c1cccc(NC(=O)CN(C2CCCCCC2)S(C)(=O)=O)c1. The lowest BCUT2D eigenvalue weighted by molar-refractivity contribution is -0.116. The predicted octanol–water partition coefficient (Wildman–Crippen LogP) is 2.81. The molecule has 1 aromatic carbocycles. The molecule has 2 rings (SSSR count). The summed E-state index contributed by atoms with van der Waals surface area (Å²) in [6, 6.07) is 6.52. The number of anilines is 1. The summed E-state index contributed by atoms with van der Waals surface area (Å²) in [6.07, 6.45) is 6.93. The molecule has 7 heteroatoms. The Bertz CT molecular complexity index is 722. The summed E-state index contributed by atoms with van der Waals surface area (Å²) < 4.78 is 25.7. The maximum Gasteiger partial charge on any atom is 0.239 e. The molecule has 0 radical (unpaired) electrons. The molecule has 0 atom stereocenters. The highest BCUT2D eigenvalue weighted by Crippen LogP contribution is 2.23. The molecule has 0 saturated heterocycles. The Kier molecular flexibility index (Phi) is 6.72. The molecule has 0 bridgehead atoms. The normalized spacial score (nSPS) is 16.4. The van der Waals surface area contributed by atoms with Crippen molar-refractivity contribution in [1.82, 2.24) is 4.31 Å². The first-order valence-corrected chi connectivity index (χ1v) is 10.5. The summed E-state index contributed by atoms with van der Waals surface area (Å²) in [5, 5.41) is 2.70. The van der Waals surface area contributed by atoms with Gasteiger partial charge in [-0.05, 0) is 31.9 Å². The van der Waals surface area contributed by atoms with Gasteiger partial charge >= 0.3 is 0 Å². The number of sulfonamides is 1. The van der Waals surface area contributed by atoms with E-state index in [0.717, 1.165) is 44.8 Å². The summed E-state index contributed by atoms with van der Waals surface area (Å²) in [7, 11) is -3.47. The van der Waals surface area contributed by atoms with E-state index in [2.05, 4.69) is 5.32 Å². The van der Waals surface area contributed by atoms with Gasteiger partial charge < -0.3 is 5.32 Å². The van der Waals surface area contributed by atoms with E-state index in [-0.39, 0.29) is 18.4 Å². The molecule has 25 heavy (non-hydrogen) atoms. The molecular formula is C18H26N2O4S. The zero-order chi connectivity index (χ0) is 18.4. The fourth-order valence-corrected chi connectivity index (χ4v) is 4.33. The molecule has 1 aromatic rings. The number of nitrogens with one attached hydrogen (secondary N) is 1. The second kappa shape index (κ2) is 8.58. The number of benzene rings is 1. The molecule has 0 unspecified atom stereocenters. The Morgan fingerprint density at radius 3 is 2.36 bits per heavy atom. The quantitative estimate of drug-likeness (QED) is 0.620. The van der Waals surface area contributed by atoms with Gasteiger partial charge in [-0.1, -0.05) is 37.8 Å². The molecule has 138 valence electrons. The largest absolute Gasteiger partial charge is 0.325 e. The lowest BCUT2D eigenvalue weighted by Gasteiger charge is -2.28. The minimum Gasteiger partial charge on any atom is -0.325 e. The van der Waals surface area contributed by atoms with Gasteiger partial charge in [0.05, 0.1) is 12.8 Å². The number of rotatable bonds is 6. The van der Waals surface area contributed by atoms with Crippen LogP contribution in [-0.2, 0) is 14.8 Å². The number of carbonyl (C=O) groups is 2. The number of hydrogen-bond donors (Lipinski definition) is 1. The summed E-state index contributed by atoms with van der Waals surface area (Å²) in [5.74, 6) is -0.484. The van der Waals surface area contributed by atoms with Gasteiger partial charge in [-0.25, -0.2) is 8.42 Å². The minimum absolute atomic E-state index is 0.0904. The number of Topliss-reactive ketones (excluding diaryl/α,β-unsaturated/α-hetero) is 1. The van der Waals surface area contributed by atoms with E-state index < -0.39 is 15.9 Å². The van der Waals surface area contributed by atoms with Crippen molar-refractivity contribution in [3.63, 3.8) is 0 Å². The van der Waals surface area contributed by atoms with Crippen molar-refractivity contribution in [2.24, 2.45) is 0 Å². The molecule has 1 N–H and O–H groups in total. The first-order valence-electron chi connectivity index (χ1n) is 8.65. The lowest BCUT2D eigenvalue weighted by atomic mass is 10.1. The fourth-order valence-electron chi connectivity index (χ4n) is 3.22. The average molecular weight is 366 g/mol. The van der Waals surface area contributed by atoms with Crippen LogP contribution in [0, 0.1) is 0 Å². The van der Waals surface area contributed by atoms with E-state index in [1.165, 1.54) is 11.2 Å². The average Bonchev–Trinajstić information content (AvgIpc) is 2.80. The topological polar surface area (TPSA) is 83.6 Å². The minimum atomic E-state index is -3.47. The summed E-state index contributed by atoms with van der Waals surface area (Å²) >= 11 is 0. The van der Waals surface area contributed by atoms with E-state index in [4.69, 9.17) is 0 Å². The first kappa shape index (κ1) is 19.6. The third kappa shape index (κ3) is 5.93. The van der Waals surface area contributed by atoms with Crippen LogP contribution >= 0.6 is 0 Å². The van der Waals surface area contributed by atoms with Gasteiger partial charge in [0.25, 0.3) is 0 Å². The molecular weight excluding hydrogens is 340 g/mol. The number of nitrogens with zero attached hydrogens (tertiary/aromatic N) is 1. The Morgan fingerprint density at radius 1 is 1.16 bits per heavy atom. The van der Waals surface area contributed by atoms with Crippen molar-refractivity contribution < 1.29 is 18.0 Å². The van der Waals surface area contributed by atoms with Crippen molar-refractivity contribution in [3.05, 3.63) is 29.8 Å². The van der Waals surface area contributed by atoms with Crippen LogP contribution in [0.25, 0.3) is 0 Å². The molecule has 1 fully saturated rings. The maximum atomic E-state index is 12.4. The van der Waals surface area contributed by atoms with E-state index in [1.807, 2.05) is 0 Å². The molecule has 0 heterocycles. The molecule has 0 aliphatic heterocycles. The monoisotopic (exact) mass is 366 g/mol. The Hall–Kier alpha value is -1.73. The van der Waals surface area contributed by atoms with Gasteiger partial charge in [0.1, 0.15) is 0 Å². The number of ketones is 1. The molecule has 1 saturated carbocycles. The summed E-state index contributed by atoms with van der Waals surface area (Å²) in [5.41, 5.74) is 0.994. The van der Waals surface area contributed by atoms with Crippen LogP contribution in [0.4, 0.5) is 5.69 Å². The molecule has 0 spiro atoms. The van der Waals surface area contributed by atoms with Gasteiger partial charge in [-0.2, -0.15) is 4.31 Å². The third-order valence-electron chi connectivity index (χ3n) is 4.51. The van der Waals surface area contributed by atoms with Gasteiger partial charge in [-0.3, -0.25) is 9.59 Å². The van der Waals surface area contributed by atoms with Crippen LogP contribution < -0.4 is 5.32 Å². The van der Waals surface area contributed by atoms with E-state index in [1.54, 1.807) is 24.3 Å². The van der Waals surface area contributed by atoms with Gasteiger partial charge in [0.15, 0.2) is 5.78 Å². The summed E-state index contributed by atoms with van der Waals surface area (Å²) in [4.78, 5) is 23.8. The molecule has 6 nitrogen and oxygen atoms in total. The van der Waals surface area contributed by atoms with Crippen molar-refractivity contribution in [2.45, 2.75) is 51.5 Å². The Morgan fingerprint density at radius 2 is 1.80 bits per heavy atom. The highest BCUT2D eigenvalue weighted by atomic mass is 32.2. The van der Waals surface area contributed by atoms with Crippen LogP contribution in [0.2, 0.25) is 0 Å². The van der Waals surface area contributed by atoms with Crippen LogP contribution in [0.3, 0.4) is 0 Å². The number of amides is 1. The van der Waals surface area contributed by atoms with E-state index in [9.17, 15) is 18.0 Å². The van der Waals surface area contributed by atoms with Crippen LogP contribution in [0.15, 0.2) is 24.3 Å². The predicted molar refractivity (Wildman–Crippen MR) is 98.1 cm³/mol. The van der Waals surface area contributed by atoms with Crippen molar-refractivity contribution in [1.29, 1.82) is 0 Å². The lowest BCUT2D eigenvalue weighted by Crippen LogP contribution is -2.44. The molecule has 1 amide bonds. The second-order valence-corrected chi connectivity index (χ2v) is 8.57. The number of carbonyl (C=O) groups excluding carboxylic acids is 2. The zero-order valence-corrected chi connectivity index (χ0v) is 15.6. The molecule has 0 aromatic heterocycles. The van der Waals surface area contributed by atoms with Crippen LogP contribution in [0.5, 0.6) is 0 Å². The third-order valence-corrected chi connectivity index (χ3v) is 5.79. The highest BCUT2D eigenvalue weighted by Gasteiger charge is 2.29. The number of hydrogen-bond acceptors (Lipinski definition) is 4. The van der Waals surface area contributed by atoms with Crippen LogP contribution in [0.1, 0.15) is 55.8 Å². The van der Waals surface area contributed by atoms with Crippen molar-refractivity contribution in [3.8, 4) is 0 Å².